The van der Waals surface area contributed by atoms with Crippen LogP contribution in [0, 0.1) is 13.8 Å². The lowest BCUT2D eigenvalue weighted by Crippen LogP contribution is -2.13. The second-order valence-electron chi connectivity index (χ2n) is 5.52. The van der Waals surface area contributed by atoms with Gasteiger partial charge in [-0.25, -0.2) is 4.98 Å². The van der Waals surface area contributed by atoms with Crippen molar-refractivity contribution in [2.24, 2.45) is 7.05 Å². The molecule has 9 heteroatoms. The van der Waals surface area contributed by atoms with Crippen LogP contribution in [0.1, 0.15) is 21.1 Å². The van der Waals surface area contributed by atoms with Gasteiger partial charge in [0.15, 0.2) is 5.65 Å². The van der Waals surface area contributed by atoms with Crippen LogP contribution in [-0.2, 0) is 7.05 Å². The Morgan fingerprint density at radius 3 is 2.80 bits per heavy atom. The van der Waals surface area contributed by atoms with Gasteiger partial charge in [-0.3, -0.25) is 14.8 Å². The lowest BCUT2D eigenvalue weighted by molar-refractivity contribution is 0.102. The van der Waals surface area contributed by atoms with Gasteiger partial charge in [0, 0.05) is 7.05 Å². The smallest absolute Gasteiger partial charge is 0.258 e. The van der Waals surface area contributed by atoms with Gasteiger partial charge >= 0.3 is 0 Å². The van der Waals surface area contributed by atoms with E-state index in [1.807, 2.05) is 44.5 Å². The van der Waals surface area contributed by atoms with Gasteiger partial charge in [-0.2, -0.15) is 5.10 Å². The Morgan fingerprint density at radius 1 is 1.28 bits per heavy atom. The molecule has 0 saturated carbocycles. The molecule has 4 rings (SSSR count). The molecule has 0 aromatic carbocycles. The Bertz CT molecular complexity index is 1080. The molecule has 0 unspecified atom stereocenters. The Balaban J connectivity index is 1.87. The average Bonchev–Trinajstić information content (AvgIpc) is 3.30. The lowest BCUT2D eigenvalue weighted by atomic mass is 10.1. The zero-order chi connectivity index (χ0) is 17.6. The van der Waals surface area contributed by atoms with Gasteiger partial charge in [-0.1, -0.05) is 17.4 Å². The van der Waals surface area contributed by atoms with E-state index in [4.69, 9.17) is 4.98 Å². The van der Waals surface area contributed by atoms with Gasteiger partial charge in [-0.05, 0) is 31.4 Å². The Morgan fingerprint density at radius 2 is 2.12 bits per heavy atom. The standard InChI is InChI=1S/C16H14N6OS2/c1-8-13-10(15(23)18-16-20-19-9(2)25-16)7-11(12-5-4-6-24-12)17-14(13)22(3)21-8/h4-7H,1-3H3,(H,18,20,23). The van der Waals surface area contributed by atoms with Gasteiger partial charge in [0.05, 0.1) is 27.2 Å². The number of carbonyl (C=O) groups excluding carboxylic acids is 1. The van der Waals surface area contributed by atoms with Crippen molar-refractivity contribution in [2.45, 2.75) is 13.8 Å². The van der Waals surface area contributed by atoms with E-state index in [-0.39, 0.29) is 5.91 Å². The third-order valence-electron chi connectivity index (χ3n) is 3.73. The van der Waals surface area contributed by atoms with Gasteiger partial charge in [0.1, 0.15) is 5.01 Å². The molecule has 0 saturated heterocycles. The summed E-state index contributed by atoms with van der Waals surface area (Å²) in [6.45, 7) is 3.72. The largest absolute Gasteiger partial charge is 0.296 e. The average molecular weight is 370 g/mol. The van der Waals surface area contributed by atoms with Crippen LogP contribution in [0.2, 0.25) is 0 Å². The molecule has 0 radical (unpaired) electrons. The number of aryl methyl sites for hydroxylation is 3. The van der Waals surface area contributed by atoms with Crippen LogP contribution in [0.15, 0.2) is 23.6 Å². The van der Waals surface area contributed by atoms with Gasteiger partial charge in [-0.15, -0.1) is 21.5 Å². The number of nitrogens with one attached hydrogen (secondary N) is 1. The Kier molecular flexibility index (Phi) is 3.81. The minimum Gasteiger partial charge on any atom is -0.296 e. The zero-order valence-electron chi connectivity index (χ0n) is 13.8. The van der Waals surface area contributed by atoms with Crippen molar-refractivity contribution in [3.63, 3.8) is 0 Å². The van der Waals surface area contributed by atoms with Crippen LogP contribution in [0.5, 0.6) is 0 Å². The van der Waals surface area contributed by atoms with Crippen LogP contribution in [0.4, 0.5) is 5.13 Å². The van der Waals surface area contributed by atoms with Crippen molar-refractivity contribution in [2.75, 3.05) is 5.32 Å². The number of amides is 1. The molecule has 4 heterocycles. The molecule has 0 atom stereocenters. The van der Waals surface area contributed by atoms with Gasteiger partial charge in [0.25, 0.3) is 5.91 Å². The fourth-order valence-corrected chi connectivity index (χ4v) is 3.96. The van der Waals surface area contributed by atoms with Crippen molar-refractivity contribution in [1.29, 1.82) is 0 Å². The molecule has 126 valence electrons. The first kappa shape index (κ1) is 15.9. The number of nitrogens with zero attached hydrogens (tertiary/aromatic N) is 5. The number of aromatic nitrogens is 5. The topological polar surface area (TPSA) is 85.6 Å². The molecular formula is C16H14N6OS2. The van der Waals surface area contributed by atoms with E-state index in [9.17, 15) is 4.79 Å². The Labute approximate surface area is 151 Å². The molecule has 0 aliphatic carbocycles. The number of carbonyl (C=O) groups is 1. The Hall–Kier alpha value is -2.65. The van der Waals surface area contributed by atoms with E-state index >= 15 is 0 Å². The third kappa shape index (κ3) is 2.81. The number of rotatable bonds is 3. The number of pyridine rings is 1. The molecule has 7 nitrogen and oxygen atoms in total. The summed E-state index contributed by atoms with van der Waals surface area (Å²) in [6, 6.07) is 5.76. The molecule has 4 aromatic rings. The summed E-state index contributed by atoms with van der Waals surface area (Å²) in [5.41, 5.74) is 2.74. The summed E-state index contributed by atoms with van der Waals surface area (Å²) in [7, 11) is 1.83. The van der Waals surface area contributed by atoms with E-state index in [1.54, 1.807) is 16.0 Å². The minimum atomic E-state index is -0.238. The van der Waals surface area contributed by atoms with Crippen LogP contribution < -0.4 is 5.32 Å². The monoisotopic (exact) mass is 370 g/mol. The highest BCUT2D eigenvalue weighted by Crippen LogP contribution is 2.29. The second kappa shape index (κ2) is 6.01. The maximum atomic E-state index is 12.9. The minimum absolute atomic E-state index is 0.238. The van der Waals surface area contributed by atoms with Crippen LogP contribution in [0.25, 0.3) is 21.6 Å². The van der Waals surface area contributed by atoms with Crippen LogP contribution in [0.3, 0.4) is 0 Å². The zero-order valence-corrected chi connectivity index (χ0v) is 15.4. The number of hydrogen-bond acceptors (Lipinski definition) is 7. The number of fused-ring (bicyclic) bond motifs is 1. The first-order chi connectivity index (χ1) is 12.0. The first-order valence-corrected chi connectivity index (χ1v) is 9.22. The summed E-state index contributed by atoms with van der Waals surface area (Å²) >= 11 is 2.92. The summed E-state index contributed by atoms with van der Waals surface area (Å²) in [5, 5.41) is 19.2. The molecule has 1 N–H and O–H groups in total. The number of hydrogen-bond donors (Lipinski definition) is 1. The SMILES string of the molecule is Cc1nnc(NC(=O)c2cc(-c3cccs3)nc3c2c(C)nn3C)s1. The molecule has 25 heavy (non-hydrogen) atoms. The molecular weight excluding hydrogens is 356 g/mol. The predicted octanol–water partition coefficient (Wildman–Crippen LogP) is 3.42. The quantitative estimate of drug-likeness (QED) is 0.597. The molecule has 0 fully saturated rings. The molecule has 0 spiro atoms. The maximum absolute atomic E-state index is 12.9. The van der Waals surface area contributed by atoms with E-state index in [0.29, 0.717) is 16.3 Å². The fraction of sp³-hybridized carbons (Fsp3) is 0.188. The van der Waals surface area contributed by atoms with E-state index < -0.39 is 0 Å². The van der Waals surface area contributed by atoms with E-state index in [2.05, 4.69) is 20.6 Å². The summed E-state index contributed by atoms with van der Waals surface area (Å²) in [6.07, 6.45) is 0. The normalized spacial score (nSPS) is 11.2. The molecule has 0 aliphatic heterocycles. The van der Waals surface area contributed by atoms with Crippen molar-refractivity contribution in [3.8, 4) is 10.6 Å². The third-order valence-corrected chi connectivity index (χ3v) is 5.38. The second-order valence-corrected chi connectivity index (χ2v) is 7.65. The molecule has 0 bridgehead atoms. The number of thiophene rings is 1. The van der Waals surface area contributed by atoms with Crippen LogP contribution >= 0.6 is 22.7 Å². The van der Waals surface area contributed by atoms with Gasteiger partial charge < -0.3 is 0 Å². The maximum Gasteiger partial charge on any atom is 0.258 e. The lowest BCUT2D eigenvalue weighted by Gasteiger charge is -2.07. The fourth-order valence-electron chi connectivity index (χ4n) is 2.69. The van der Waals surface area contributed by atoms with E-state index in [1.165, 1.54) is 11.3 Å². The summed E-state index contributed by atoms with van der Waals surface area (Å²) in [5.74, 6) is -0.238. The molecule has 1 amide bonds. The molecule has 4 aromatic heterocycles. The summed E-state index contributed by atoms with van der Waals surface area (Å²) in [4.78, 5) is 18.6. The molecule has 0 aliphatic rings. The van der Waals surface area contributed by atoms with Crippen molar-refractivity contribution in [3.05, 3.63) is 39.8 Å². The van der Waals surface area contributed by atoms with Crippen LogP contribution in [-0.4, -0.2) is 30.9 Å². The first-order valence-electron chi connectivity index (χ1n) is 7.52. The predicted molar refractivity (Wildman–Crippen MR) is 99.2 cm³/mol. The van der Waals surface area contributed by atoms with Crippen molar-refractivity contribution >= 4 is 44.7 Å². The highest BCUT2D eigenvalue weighted by atomic mass is 32.1. The summed E-state index contributed by atoms with van der Waals surface area (Å²) < 4.78 is 1.70. The van der Waals surface area contributed by atoms with Gasteiger partial charge in [0.2, 0.25) is 5.13 Å². The highest BCUT2D eigenvalue weighted by molar-refractivity contribution is 7.15. The van der Waals surface area contributed by atoms with Crippen molar-refractivity contribution in [1.82, 2.24) is 25.0 Å². The van der Waals surface area contributed by atoms with Crippen molar-refractivity contribution < 1.29 is 4.79 Å². The van der Waals surface area contributed by atoms with E-state index in [0.717, 1.165) is 26.7 Å². The highest BCUT2D eigenvalue weighted by Gasteiger charge is 2.20. The number of anilines is 1.